The number of benzene rings is 1. The van der Waals surface area contributed by atoms with Crippen molar-refractivity contribution in [3.05, 3.63) is 39.9 Å². The number of anilines is 1. The van der Waals surface area contributed by atoms with Gasteiger partial charge in [0.05, 0.1) is 13.2 Å². The van der Waals surface area contributed by atoms with Gasteiger partial charge in [0, 0.05) is 4.47 Å². The van der Waals surface area contributed by atoms with Gasteiger partial charge in [-0.2, -0.15) is 5.10 Å². The molecule has 0 bridgehead atoms. The van der Waals surface area contributed by atoms with Gasteiger partial charge in [-0.05, 0) is 24.8 Å². The number of hydrogen-bond donors (Lipinski definition) is 1. The Morgan fingerprint density at radius 1 is 1.48 bits per heavy atom. The molecule has 0 radical (unpaired) electrons. The van der Waals surface area contributed by atoms with Crippen molar-refractivity contribution in [2.75, 3.05) is 18.6 Å². The van der Waals surface area contributed by atoms with E-state index in [0.29, 0.717) is 29.6 Å². The summed E-state index contributed by atoms with van der Waals surface area (Å²) in [7, 11) is 0. The van der Waals surface area contributed by atoms with Crippen LogP contribution in [0.1, 0.15) is 22.8 Å². The Labute approximate surface area is 136 Å². The average Bonchev–Trinajstić information content (AvgIpc) is 2.78. The summed E-state index contributed by atoms with van der Waals surface area (Å²) in [5.74, 6) is -0.105. The van der Waals surface area contributed by atoms with Crippen molar-refractivity contribution in [1.82, 2.24) is 9.78 Å². The summed E-state index contributed by atoms with van der Waals surface area (Å²) >= 11 is 4.87. The van der Waals surface area contributed by atoms with Gasteiger partial charge in [-0.1, -0.05) is 34.1 Å². The molecule has 0 unspecified atom stereocenters. The summed E-state index contributed by atoms with van der Waals surface area (Å²) in [6.45, 7) is 2.56. The van der Waals surface area contributed by atoms with Gasteiger partial charge in [0.15, 0.2) is 0 Å². The van der Waals surface area contributed by atoms with Gasteiger partial charge in [0.2, 0.25) is 0 Å². The molecule has 0 fully saturated rings. The molecule has 112 valence electrons. The van der Waals surface area contributed by atoms with E-state index in [4.69, 9.17) is 10.5 Å². The summed E-state index contributed by atoms with van der Waals surface area (Å²) < 4.78 is 7.64. The maximum absolute atomic E-state index is 12.0. The van der Waals surface area contributed by atoms with Gasteiger partial charge >= 0.3 is 5.97 Å². The lowest BCUT2D eigenvalue weighted by molar-refractivity contribution is 0.0523. The Balaban J connectivity index is 2.38. The fourth-order valence-corrected chi connectivity index (χ4v) is 2.88. The van der Waals surface area contributed by atoms with Crippen LogP contribution in [-0.4, -0.2) is 28.6 Å². The van der Waals surface area contributed by atoms with Crippen molar-refractivity contribution in [3.8, 4) is 0 Å². The molecule has 0 saturated carbocycles. The summed E-state index contributed by atoms with van der Waals surface area (Å²) in [5, 5.41) is 4.98. The second kappa shape index (κ2) is 7.00. The molecule has 2 rings (SSSR count). The molecule has 0 atom stereocenters. The number of halogens is 1. The first-order chi connectivity index (χ1) is 10.1. The number of ether oxygens (including phenoxy) is 1. The number of hydrogen-bond acceptors (Lipinski definition) is 5. The van der Waals surface area contributed by atoms with Gasteiger partial charge in [-0.15, -0.1) is 11.8 Å². The molecule has 1 aromatic carbocycles. The third-order valence-electron chi connectivity index (χ3n) is 2.91. The van der Waals surface area contributed by atoms with Crippen LogP contribution in [0.15, 0.2) is 33.8 Å². The van der Waals surface area contributed by atoms with Gasteiger partial charge in [0.1, 0.15) is 16.4 Å². The number of carbonyl (C=O) groups is 1. The maximum Gasteiger partial charge on any atom is 0.344 e. The molecule has 2 N–H and O–H groups in total. The lowest BCUT2D eigenvalue weighted by Crippen LogP contribution is -2.10. The van der Waals surface area contributed by atoms with Crippen molar-refractivity contribution in [2.45, 2.75) is 18.5 Å². The summed E-state index contributed by atoms with van der Waals surface area (Å²) in [6, 6.07) is 7.82. The number of nitrogens with zero attached hydrogens (tertiary/aromatic N) is 2. The molecule has 1 aromatic heterocycles. The Hall–Kier alpha value is -1.47. The predicted octanol–water partition coefficient (Wildman–Crippen LogP) is 3.17. The zero-order valence-electron chi connectivity index (χ0n) is 11.8. The van der Waals surface area contributed by atoms with Gasteiger partial charge in [-0.3, -0.25) is 0 Å². The lowest BCUT2D eigenvalue weighted by Gasteiger charge is -2.07. The Morgan fingerprint density at radius 3 is 2.81 bits per heavy atom. The maximum atomic E-state index is 12.0. The molecule has 7 heteroatoms. The van der Waals surface area contributed by atoms with E-state index in [-0.39, 0.29) is 0 Å². The Bertz CT molecular complexity index is 658. The monoisotopic (exact) mass is 369 g/mol. The number of rotatable bonds is 5. The highest BCUT2D eigenvalue weighted by molar-refractivity contribution is 9.10. The molecule has 0 spiro atoms. The van der Waals surface area contributed by atoms with E-state index in [1.54, 1.807) is 11.6 Å². The molecule has 0 aliphatic carbocycles. The fourth-order valence-electron chi connectivity index (χ4n) is 1.90. The van der Waals surface area contributed by atoms with E-state index < -0.39 is 5.97 Å². The van der Waals surface area contributed by atoms with E-state index in [0.717, 1.165) is 10.0 Å². The van der Waals surface area contributed by atoms with Crippen molar-refractivity contribution in [2.24, 2.45) is 0 Å². The van der Waals surface area contributed by atoms with Crippen LogP contribution in [0.4, 0.5) is 5.82 Å². The minimum absolute atomic E-state index is 0.307. The second-order valence-electron chi connectivity index (χ2n) is 4.24. The topological polar surface area (TPSA) is 70.1 Å². The number of carbonyl (C=O) groups excluding carboxylic acids is 1. The number of thioether (sulfide) groups is 1. The molecular formula is C14H16BrN3O2S. The number of esters is 1. The number of aromatic nitrogens is 2. The molecule has 1 heterocycles. The van der Waals surface area contributed by atoms with Crippen LogP contribution in [0.25, 0.3) is 0 Å². The van der Waals surface area contributed by atoms with E-state index in [9.17, 15) is 4.79 Å². The standard InChI is InChI=1S/C14H16BrN3O2S/c1-3-20-14(19)11-12(16)18(17-13(11)21-2)8-9-6-4-5-7-10(9)15/h4-7H,3,8,16H2,1-2H3. The summed E-state index contributed by atoms with van der Waals surface area (Å²) in [6.07, 6.45) is 1.85. The first-order valence-electron chi connectivity index (χ1n) is 6.39. The molecule has 0 aliphatic heterocycles. The molecule has 0 amide bonds. The number of nitrogen functional groups attached to an aromatic ring is 1. The third-order valence-corrected chi connectivity index (χ3v) is 4.36. The summed E-state index contributed by atoms with van der Waals surface area (Å²) in [5.41, 5.74) is 7.46. The van der Waals surface area contributed by atoms with Crippen LogP contribution in [-0.2, 0) is 11.3 Å². The third kappa shape index (κ3) is 3.41. The highest BCUT2D eigenvalue weighted by Gasteiger charge is 2.23. The summed E-state index contributed by atoms with van der Waals surface area (Å²) in [4.78, 5) is 12.0. The van der Waals surface area contributed by atoms with Gasteiger partial charge < -0.3 is 10.5 Å². The fraction of sp³-hybridized carbons (Fsp3) is 0.286. The zero-order chi connectivity index (χ0) is 15.4. The largest absolute Gasteiger partial charge is 0.462 e. The first kappa shape index (κ1) is 15.9. The molecule has 0 aliphatic rings. The van der Waals surface area contributed by atoms with Crippen molar-refractivity contribution in [3.63, 3.8) is 0 Å². The van der Waals surface area contributed by atoms with Gasteiger partial charge in [-0.25, -0.2) is 9.48 Å². The van der Waals surface area contributed by atoms with Crippen LogP contribution in [0.5, 0.6) is 0 Å². The normalized spacial score (nSPS) is 10.6. The molecule has 0 saturated heterocycles. The molecular weight excluding hydrogens is 354 g/mol. The minimum Gasteiger partial charge on any atom is -0.462 e. The average molecular weight is 370 g/mol. The van der Waals surface area contributed by atoms with E-state index >= 15 is 0 Å². The van der Waals surface area contributed by atoms with E-state index in [1.165, 1.54) is 11.8 Å². The van der Waals surface area contributed by atoms with Crippen molar-refractivity contribution >= 4 is 39.5 Å². The van der Waals surface area contributed by atoms with E-state index in [1.807, 2.05) is 30.5 Å². The van der Waals surface area contributed by atoms with Crippen LogP contribution >= 0.6 is 27.7 Å². The molecule has 21 heavy (non-hydrogen) atoms. The Morgan fingerprint density at radius 2 is 2.19 bits per heavy atom. The van der Waals surface area contributed by atoms with Crippen molar-refractivity contribution < 1.29 is 9.53 Å². The first-order valence-corrected chi connectivity index (χ1v) is 8.41. The van der Waals surface area contributed by atoms with Crippen LogP contribution < -0.4 is 5.73 Å². The van der Waals surface area contributed by atoms with Crippen LogP contribution in [0.2, 0.25) is 0 Å². The highest BCUT2D eigenvalue weighted by atomic mass is 79.9. The quantitative estimate of drug-likeness (QED) is 0.647. The lowest BCUT2D eigenvalue weighted by atomic mass is 10.2. The SMILES string of the molecule is CCOC(=O)c1c(SC)nn(Cc2ccccc2Br)c1N. The number of nitrogens with two attached hydrogens (primary N) is 1. The van der Waals surface area contributed by atoms with Gasteiger partial charge in [0.25, 0.3) is 0 Å². The van der Waals surface area contributed by atoms with E-state index in [2.05, 4.69) is 21.0 Å². The smallest absolute Gasteiger partial charge is 0.344 e. The Kier molecular flexibility index (Phi) is 5.30. The van der Waals surface area contributed by atoms with Crippen molar-refractivity contribution in [1.29, 1.82) is 0 Å². The van der Waals surface area contributed by atoms with Crippen LogP contribution in [0.3, 0.4) is 0 Å². The minimum atomic E-state index is -0.433. The highest BCUT2D eigenvalue weighted by Crippen LogP contribution is 2.27. The predicted molar refractivity (Wildman–Crippen MR) is 87.6 cm³/mol. The second-order valence-corrected chi connectivity index (χ2v) is 5.89. The molecule has 2 aromatic rings. The molecule has 5 nitrogen and oxygen atoms in total. The van der Waals surface area contributed by atoms with Crippen LogP contribution in [0, 0.1) is 0 Å². The zero-order valence-corrected chi connectivity index (χ0v) is 14.2.